The Bertz CT molecular complexity index is 681. The first-order chi connectivity index (χ1) is 10.3. The summed E-state index contributed by atoms with van der Waals surface area (Å²) in [5, 5.41) is 19.7. The van der Waals surface area contributed by atoms with Crippen molar-refractivity contribution >= 4 is 23.4 Å². The van der Waals surface area contributed by atoms with Crippen LogP contribution in [0.3, 0.4) is 0 Å². The Labute approximate surface area is 132 Å². The number of nitrogens with zero attached hydrogens (tertiary/aromatic N) is 4. The fourth-order valence-corrected chi connectivity index (χ4v) is 1.78. The summed E-state index contributed by atoms with van der Waals surface area (Å²) in [7, 11) is 0. The second-order valence-corrected chi connectivity index (χ2v) is 5.85. The highest BCUT2D eigenvalue weighted by Crippen LogP contribution is 2.21. The van der Waals surface area contributed by atoms with Gasteiger partial charge in [0.05, 0.1) is 29.7 Å². The molecule has 2 aromatic rings. The van der Waals surface area contributed by atoms with Crippen molar-refractivity contribution in [3.05, 3.63) is 29.2 Å². The standard InChI is InChI=1S/C13H16ClN5O3/c1-13(2,3)22-12(21)17-8-4-10(14)11(15-5-8)19-16-6-9(7-20)18-19/h4-6,20H,7H2,1-3H3,(H,17,21). The number of hydrogen-bond donors (Lipinski definition) is 2. The van der Waals surface area contributed by atoms with Gasteiger partial charge < -0.3 is 9.84 Å². The number of nitrogens with one attached hydrogen (secondary N) is 1. The average molecular weight is 326 g/mol. The van der Waals surface area contributed by atoms with E-state index in [0.29, 0.717) is 11.4 Å². The molecule has 0 saturated heterocycles. The number of pyridine rings is 1. The average Bonchev–Trinajstić information content (AvgIpc) is 2.85. The quantitative estimate of drug-likeness (QED) is 0.896. The Morgan fingerprint density at radius 3 is 2.73 bits per heavy atom. The first-order valence-corrected chi connectivity index (χ1v) is 6.84. The van der Waals surface area contributed by atoms with Crippen LogP contribution in [0, 0.1) is 0 Å². The SMILES string of the molecule is CC(C)(C)OC(=O)Nc1cnc(-n2ncc(CO)n2)c(Cl)c1. The molecule has 118 valence electrons. The Hall–Kier alpha value is -2.19. The Balaban J connectivity index is 2.14. The number of hydrogen-bond acceptors (Lipinski definition) is 6. The maximum Gasteiger partial charge on any atom is 0.412 e. The Morgan fingerprint density at radius 1 is 1.45 bits per heavy atom. The number of halogens is 1. The van der Waals surface area contributed by atoms with Gasteiger partial charge in [-0.05, 0) is 26.8 Å². The molecule has 9 heteroatoms. The van der Waals surface area contributed by atoms with E-state index in [-0.39, 0.29) is 17.4 Å². The lowest BCUT2D eigenvalue weighted by atomic mass is 10.2. The summed E-state index contributed by atoms with van der Waals surface area (Å²) in [6, 6.07) is 1.51. The number of amides is 1. The Kier molecular flexibility index (Phi) is 4.62. The van der Waals surface area contributed by atoms with Crippen LogP contribution in [0.1, 0.15) is 26.5 Å². The summed E-state index contributed by atoms with van der Waals surface area (Å²) in [5.41, 5.74) is 0.187. The molecule has 2 heterocycles. The van der Waals surface area contributed by atoms with Crippen LogP contribution in [0.15, 0.2) is 18.5 Å². The number of aliphatic hydroxyl groups is 1. The van der Waals surface area contributed by atoms with Gasteiger partial charge in [-0.15, -0.1) is 9.90 Å². The summed E-state index contributed by atoms with van der Waals surface area (Å²) in [4.78, 5) is 17.0. The van der Waals surface area contributed by atoms with Crippen LogP contribution in [-0.4, -0.2) is 36.8 Å². The highest BCUT2D eigenvalue weighted by atomic mass is 35.5. The third-order valence-electron chi connectivity index (χ3n) is 2.36. The first-order valence-electron chi connectivity index (χ1n) is 6.46. The number of carbonyl (C=O) groups is 1. The van der Waals surface area contributed by atoms with Gasteiger partial charge in [0.15, 0.2) is 5.82 Å². The minimum atomic E-state index is -0.599. The molecule has 0 aliphatic heterocycles. The van der Waals surface area contributed by atoms with Gasteiger partial charge in [0.1, 0.15) is 11.3 Å². The van der Waals surface area contributed by atoms with E-state index in [1.807, 2.05) is 0 Å². The van der Waals surface area contributed by atoms with Gasteiger partial charge >= 0.3 is 6.09 Å². The van der Waals surface area contributed by atoms with Crippen LogP contribution >= 0.6 is 11.6 Å². The predicted molar refractivity (Wildman–Crippen MR) is 79.9 cm³/mol. The van der Waals surface area contributed by atoms with Crippen molar-refractivity contribution < 1.29 is 14.6 Å². The van der Waals surface area contributed by atoms with Crippen LogP contribution in [0.5, 0.6) is 0 Å². The molecule has 0 atom stereocenters. The van der Waals surface area contributed by atoms with Gasteiger partial charge in [-0.3, -0.25) is 5.32 Å². The van der Waals surface area contributed by atoms with Crippen molar-refractivity contribution in [1.82, 2.24) is 20.0 Å². The molecule has 0 fully saturated rings. The van der Waals surface area contributed by atoms with E-state index in [2.05, 4.69) is 20.5 Å². The van der Waals surface area contributed by atoms with Gasteiger partial charge in [-0.1, -0.05) is 11.6 Å². The van der Waals surface area contributed by atoms with Crippen LogP contribution in [0.2, 0.25) is 5.02 Å². The van der Waals surface area contributed by atoms with Crippen molar-refractivity contribution in [2.24, 2.45) is 0 Å². The van der Waals surface area contributed by atoms with Gasteiger partial charge in [-0.2, -0.15) is 5.10 Å². The molecule has 0 aromatic carbocycles. The second kappa shape index (κ2) is 6.29. The predicted octanol–water partition coefficient (Wildman–Crippen LogP) is 2.16. The fourth-order valence-electron chi connectivity index (χ4n) is 1.54. The second-order valence-electron chi connectivity index (χ2n) is 5.44. The van der Waals surface area contributed by atoms with Gasteiger partial charge in [-0.25, -0.2) is 9.78 Å². The monoisotopic (exact) mass is 325 g/mol. The molecule has 0 unspecified atom stereocenters. The van der Waals surface area contributed by atoms with Gasteiger partial charge in [0.25, 0.3) is 0 Å². The normalized spacial score (nSPS) is 11.3. The third-order valence-corrected chi connectivity index (χ3v) is 2.64. The highest BCUT2D eigenvalue weighted by Gasteiger charge is 2.17. The molecule has 2 aromatic heterocycles. The van der Waals surface area contributed by atoms with E-state index in [9.17, 15) is 4.79 Å². The summed E-state index contributed by atoms with van der Waals surface area (Å²) in [6.07, 6.45) is 2.22. The lowest BCUT2D eigenvalue weighted by molar-refractivity contribution is 0.0636. The van der Waals surface area contributed by atoms with E-state index in [0.717, 1.165) is 0 Å². The molecule has 0 spiro atoms. The molecule has 8 nitrogen and oxygen atoms in total. The van der Waals surface area contributed by atoms with E-state index in [4.69, 9.17) is 21.4 Å². The summed E-state index contributed by atoms with van der Waals surface area (Å²) >= 11 is 6.11. The minimum absolute atomic E-state index is 0.226. The largest absolute Gasteiger partial charge is 0.444 e. The molecule has 0 aliphatic rings. The van der Waals surface area contributed by atoms with Crippen LogP contribution in [0.25, 0.3) is 5.82 Å². The van der Waals surface area contributed by atoms with Crippen LogP contribution < -0.4 is 5.32 Å². The fraction of sp³-hybridized carbons (Fsp3) is 0.385. The molecular formula is C13H16ClN5O3. The lowest BCUT2D eigenvalue weighted by Gasteiger charge is -2.19. The van der Waals surface area contributed by atoms with Crippen LogP contribution in [0.4, 0.5) is 10.5 Å². The van der Waals surface area contributed by atoms with E-state index in [1.54, 1.807) is 20.8 Å². The summed E-state index contributed by atoms with van der Waals surface area (Å²) in [5.74, 6) is 0.288. The molecule has 0 aliphatic carbocycles. The maximum absolute atomic E-state index is 11.7. The van der Waals surface area contributed by atoms with Crippen LogP contribution in [-0.2, 0) is 11.3 Å². The van der Waals surface area contributed by atoms with Crippen molar-refractivity contribution in [2.45, 2.75) is 33.0 Å². The first kappa shape index (κ1) is 16.2. The zero-order chi connectivity index (χ0) is 16.3. The zero-order valence-electron chi connectivity index (χ0n) is 12.4. The van der Waals surface area contributed by atoms with Gasteiger partial charge in [0.2, 0.25) is 0 Å². The molecule has 0 radical (unpaired) electrons. The molecule has 2 N–H and O–H groups in total. The topological polar surface area (TPSA) is 102 Å². The van der Waals surface area contributed by atoms with Crippen molar-refractivity contribution in [3.8, 4) is 5.82 Å². The highest BCUT2D eigenvalue weighted by molar-refractivity contribution is 6.32. The molecule has 1 amide bonds. The van der Waals surface area contributed by atoms with Gasteiger partial charge in [0, 0.05) is 0 Å². The Morgan fingerprint density at radius 2 is 2.18 bits per heavy atom. The zero-order valence-corrected chi connectivity index (χ0v) is 13.1. The molecular weight excluding hydrogens is 310 g/mol. The maximum atomic E-state index is 11.7. The summed E-state index contributed by atoms with van der Waals surface area (Å²) in [6.45, 7) is 5.07. The van der Waals surface area contributed by atoms with E-state index >= 15 is 0 Å². The molecule has 2 rings (SSSR count). The number of carbonyl (C=O) groups excluding carboxylic acids is 1. The molecule has 0 bridgehead atoms. The summed E-state index contributed by atoms with van der Waals surface area (Å²) < 4.78 is 5.14. The number of anilines is 1. The smallest absolute Gasteiger partial charge is 0.412 e. The van der Waals surface area contributed by atoms with E-state index < -0.39 is 11.7 Å². The third kappa shape index (κ3) is 4.15. The lowest BCUT2D eigenvalue weighted by Crippen LogP contribution is -2.27. The number of aliphatic hydroxyl groups excluding tert-OH is 1. The van der Waals surface area contributed by atoms with E-state index in [1.165, 1.54) is 23.3 Å². The van der Waals surface area contributed by atoms with Crippen molar-refractivity contribution in [3.63, 3.8) is 0 Å². The number of ether oxygens (including phenoxy) is 1. The minimum Gasteiger partial charge on any atom is -0.444 e. The van der Waals surface area contributed by atoms with Crippen molar-refractivity contribution in [2.75, 3.05) is 5.32 Å². The molecule has 22 heavy (non-hydrogen) atoms. The molecule has 0 saturated carbocycles. The van der Waals surface area contributed by atoms with Crippen molar-refractivity contribution in [1.29, 1.82) is 0 Å². The number of aromatic nitrogens is 4. The number of rotatable bonds is 3.